The van der Waals surface area contributed by atoms with Crippen LogP contribution in [0.2, 0.25) is 0 Å². The van der Waals surface area contributed by atoms with E-state index >= 15 is 0 Å². The largest absolute Gasteiger partial charge is 0.366 e. The molecule has 0 amide bonds. The summed E-state index contributed by atoms with van der Waals surface area (Å²) >= 11 is 0. The van der Waals surface area contributed by atoms with E-state index in [0.717, 1.165) is 31.1 Å². The van der Waals surface area contributed by atoms with Gasteiger partial charge in [-0.1, -0.05) is 13.8 Å². The minimum absolute atomic E-state index is 0.616. The van der Waals surface area contributed by atoms with Crippen LogP contribution in [-0.4, -0.2) is 19.6 Å². The van der Waals surface area contributed by atoms with Crippen LogP contribution in [0, 0.1) is 12.8 Å². The van der Waals surface area contributed by atoms with Crippen LogP contribution in [0.5, 0.6) is 0 Å². The summed E-state index contributed by atoms with van der Waals surface area (Å²) in [5, 5.41) is 12.2. The summed E-state index contributed by atoms with van der Waals surface area (Å²) < 4.78 is 3.98. The van der Waals surface area contributed by atoms with Gasteiger partial charge in [-0.3, -0.25) is 4.68 Å². The standard InChI is InChI=1S/C14H23N5/c1-5-19-14(6-12(4)17-19)15-7-13-8-16-18(10-13)9-11(2)3/h6,8,10-11,15H,5,7,9H2,1-4H3. The number of aromatic nitrogens is 4. The second-order valence-electron chi connectivity index (χ2n) is 5.30. The van der Waals surface area contributed by atoms with Gasteiger partial charge in [0.05, 0.1) is 11.9 Å². The molecule has 0 fully saturated rings. The first-order valence-electron chi connectivity index (χ1n) is 6.88. The summed E-state index contributed by atoms with van der Waals surface area (Å²) in [5.41, 5.74) is 2.24. The van der Waals surface area contributed by atoms with Crippen molar-refractivity contribution in [3.05, 3.63) is 29.7 Å². The average Bonchev–Trinajstić information content (AvgIpc) is 2.92. The highest BCUT2D eigenvalue weighted by Gasteiger charge is 2.05. The molecule has 0 aromatic carbocycles. The van der Waals surface area contributed by atoms with E-state index in [-0.39, 0.29) is 0 Å². The molecule has 2 heterocycles. The smallest absolute Gasteiger partial charge is 0.124 e. The van der Waals surface area contributed by atoms with Crippen LogP contribution in [0.15, 0.2) is 18.5 Å². The first kappa shape index (κ1) is 13.6. The number of nitrogens with one attached hydrogen (secondary N) is 1. The van der Waals surface area contributed by atoms with Gasteiger partial charge in [-0.25, -0.2) is 4.68 Å². The lowest BCUT2D eigenvalue weighted by Crippen LogP contribution is -2.07. The van der Waals surface area contributed by atoms with Crippen molar-refractivity contribution in [3.63, 3.8) is 0 Å². The maximum absolute atomic E-state index is 4.42. The Labute approximate surface area is 114 Å². The van der Waals surface area contributed by atoms with Gasteiger partial charge in [0.25, 0.3) is 0 Å². The van der Waals surface area contributed by atoms with Gasteiger partial charge in [0.2, 0.25) is 0 Å². The minimum Gasteiger partial charge on any atom is -0.366 e. The number of aryl methyl sites for hydroxylation is 2. The van der Waals surface area contributed by atoms with E-state index in [2.05, 4.69) is 48.5 Å². The Balaban J connectivity index is 1.96. The molecule has 1 N–H and O–H groups in total. The summed E-state index contributed by atoms with van der Waals surface area (Å²) in [5.74, 6) is 1.68. The molecule has 0 radical (unpaired) electrons. The molecule has 0 spiro atoms. The molecule has 2 aromatic rings. The van der Waals surface area contributed by atoms with Crippen molar-refractivity contribution in [1.29, 1.82) is 0 Å². The van der Waals surface area contributed by atoms with E-state index in [1.54, 1.807) is 0 Å². The Hall–Kier alpha value is -1.78. The summed E-state index contributed by atoms with van der Waals surface area (Å²) in [4.78, 5) is 0. The Bertz CT molecular complexity index is 524. The molecule has 2 rings (SSSR count). The Morgan fingerprint density at radius 2 is 2.16 bits per heavy atom. The maximum Gasteiger partial charge on any atom is 0.124 e. The first-order chi connectivity index (χ1) is 9.08. The zero-order valence-corrected chi connectivity index (χ0v) is 12.2. The molecule has 0 bridgehead atoms. The van der Waals surface area contributed by atoms with E-state index in [1.165, 1.54) is 5.56 Å². The van der Waals surface area contributed by atoms with Crippen LogP contribution >= 0.6 is 0 Å². The molecule has 104 valence electrons. The third-order valence-electron chi connectivity index (χ3n) is 2.91. The van der Waals surface area contributed by atoms with E-state index < -0.39 is 0 Å². The number of anilines is 1. The maximum atomic E-state index is 4.42. The van der Waals surface area contributed by atoms with Crippen molar-refractivity contribution in [2.24, 2.45) is 5.92 Å². The van der Waals surface area contributed by atoms with E-state index in [0.29, 0.717) is 5.92 Å². The number of rotatable bonds is 6. The lowest BCUT2D eigenvalue weighted by molar-refractivity contribution is 0.483. The highest BCUT2D eigenvalue weighted by Crippen LogP contribution is 2.11. The first-order valence-corrected chi connectivity index (χ1v) is 6.88. The van der Waals surface area contributed by atoms with Crippen LogP contribution in [0.25, 0.3) is 0 Å². The molecule has 0 aliphatic rings. The average molecular weight is 261 g/mol. The Kier molecular flexibility index (Phi) is 4.24. The van der Waals surface area contributed by atoms with Crippen molar-refractivity contribution >= 4 is 5.82 Å². The zero-order chi connectivity index (χ0) is 13.8. The van der Waals surface area contributed by atoms with Gasteiger partial charge in [0, 0.05) is 37.5 Å². The molecule has 2 aromatic heterocycles. The van der Waals surface area contributed by atoms with Gasteiger partial charge >= 0.3 is 0 Å². The van der Waals surface area contributed by atoms with Crippen LogP contribution in [0.3, 0.4) is 0 Å². The predicted molar refractivity (Wildman–Crippen MR) is 77.0 cm³/mol. The Morgan fingerprint density at radius 3 is 2.84 bits per heavy atom. The molecular formula is C14H23N5. The second-order valence-corrected chi connectivity index (χ2v) is 5.30. The van der Waals surface area contributed by atoms with Crippen molar-refractivity contribution in [3.8, 4) is 0 Å². The van der Waals surface area contributed by atoms with Gasteiger partial charge in [-0.05, 0) is 19.8 Å². The topological polar surface area (TPSA) is 47.7 Å². The highest BCUT2D eigenvalue weighted by molar-refractivity contribution is 5.37. The van der Waals surface area contributed by atoms with Gasteiger partial charge < -0.3 is 5.32 Å². The van der Waals surface area contributed by atoms with Crippen molar-refractivity contribution in [2.45, 2.75) is 47.3 Å². The molecule has 5 heteroatoms. The highest BCUT2D eigenvalue weighted by atomic mass is 15.3. The van der Waals surface area contributed by atoms with E-state index in [4.69, 9.17) is 0 Å². The molecule has 0 saturated carbocycles. The summed E-state index contributed by atoms with van der Waals surface area (Å²) in [7, 11) is 0. The third kappa shape index (κ3) is 3.59. The number of hydrogen-bond acceptors (Lipinski definition) is 3. The van der Waals surface area contributed by atoms with E-state index in [1.807, 2.05) is 22.5 Å². The van der Waals surface area contributed by atoms with Crippen LogP contribution < -0.4 is 5.32 Å². The summed E-state index contributed by atoms with van der Waals surface area (Å²) in [6.45, 7) is 11.1. The van der Waals surface area contributed by atoms with Gasteiger partial charge in [0.15, 0.2) is 0 Å². The summed E-state index contributed by atoms with van der Waals surface area (Å²) in [6.07, 6.45) is 4.03. The van der Waals surface area contributed by atoms with Gasteiger partial charge in [-0.2, -0.15) is 10.2 Å². The zero-order valence-electron chi connectivity index (χ0n) is 12.2. The van der Waals surface area contributed by atoms with Crippen molar-refractivity contribution in [2.75, 3.05) is 5.32 Å². The summed E-state index contributed by atoms with van der Waals surface area (Å²) in [6, 6.07) is 2.07. The molecule has 19 heavy (non-hydrogen) atoms. The lowest BCUT2D eigenvalue weighted by atomic mass is 10.2. The van der Waals surface area contributed by atoms with Crippen molar-refractivity contribution < 1.29 is 0 Å². The normalized spacial score (nSPS) is 11.2. The second kappa shape index (κ2) is 5.91. The molecule has 0 aliphatic heterocycles. The quantitative estimate of drug-likeness (QED) is 0.869. The minimum atomic E-state index is 0.616. The fourth-order valence-electron chi connectivity index (χ4n) is 2.09. The predicted octanol–water partition coefficient (Wildman–Crippen LogP) is 2.68. The van der Waals surface area contributed by atoms with Gasteiger partial charge in [-0.15, -0.1) is 0 Å². The van der Waals surface area contributed by atoms with Gasteiger partial charge in [0.1, 0.15) is 5.82 Å². The molecule has 5 nitrogen and oxygen atoms in total. The number of nitrogens with zero attached hydrogens (tertiary/aromatic N) is 4. The monoisotopic (exact) mass is 261 g/mol. The molecule has 0 aliphatic carbocycles. The third-order valence-corrected chi connectivity index (χ3v) is 2.91. The van der Waals surface area contributed by atoms with Crippen molar-refractivity contribution in [1.82, 2.24) is 19.6 Å². The number of hydrogen-bond donors (Lipinski definition) is 1. The molecule has 0 unspecified atom stereocenters. The molecule has 0 atom stereocenters. The van der Waals surface area contributed by atoms with E-state index in [9.17, 15) is 0 Å². The molecular weight excluding hydrogens is 238 g/mol. The molecule has 0 saturated heterocycles. The van der Waals surface area contributed by atoms with Crippen LogP contribution in [-0.2, 0) is 19.6 Å². The Morgan fingerprint density at radius 1 is 1.37 bits per heavy atom. The fourth-order valence-corrected chi connectivity index (χ4v) is 2.09. The van der Waals surface area contributed by atoms with Crippen LogP contribution in [0.1, 0.15) is 32.0 Å². The fraction of sp³-hybridized carbons (Fsp3) is 0.571. The van der Waals surface area contributed by atoms with Crippen LogP contribution in [0.4, 0.5) is 5.82 Å². The lowest BCUT2D eigenvalue weighted by Gasteiger charge is -2.06. The SMILES string of the molecule is CCn1nc(C)cc1NCc1cnn(CC(C)C)c1.